The maximum absolute atomic E-state index is 3.60. The second kappa shape index (κ2) is 4.12. The molecule has 0 aliphatic carbocycles. The van der Waals surface area contributed by atoms with Gasteiger partial charge in [0.2, 0.25) is 0 Å². The first-order chi connectivity index (χ1) is 3.81. The van der Waals surface area contributed by atoms with E-state index in [1.807, 2.05) is 19.1 Å². The second-order valence-corrected chi connectivity index (χ2v) is 1.30. The molecule has 0 saturated carbocycles. The van der Waals surface area contributed by atoms with E-state index < -0.39 is 0 Å². The summed E-state index contributed by atoms with van der Waals surface area (Å²) in [6, 6.07) is 0. The van der Waals surface area contributed by atoms with Gasteiger partial charge >= 0.3 is 0 Å². The van der Waals surface area contributed by atoms with Gasteiger partial charge in [0.05, 0.1) is 0 Å². The van der Waals surface area contributed by atoms with Crippen molar-refractivity contribution in [3.63, 3.8) is 0 Å². The predicted octanol–water partition coefficient (Wildman–Crippen LogP) is 1.28. The lowest BCUT2D eigenvalue weighted by Crippen LogP contribution is -1.98. The Balaban J connectivity index is 3.48. The molecule has 2 nitrogen and oxygen atoms in total. The minimum Gasteiger partial charge on any atom is -0.280 e. The number of rotatable bonds is 3. The number of hydrazone groups is 1. The van der Waals surface area contributed by atoms with Gasteiger partial charge in [0.25, 0.3) is 0 Å². The SMILES string of the molecule is C=NNC(=C)/C=C\C. The fraction of sp³-hybridized carbons (Fsp3) is 0.167. The average molecular weight is 110 g/mol. The molecule has 0 bridgehead atoms. The van der Waals surface area contributed by atoms with E-state index in [4.69, 9.17) is 0 Å². The number of hydrogen-bond donors (Lipinski definition) is 1. The summed E-state index contributed by atoms with van der Waals surface area (Å²) in [7, 11) is 0. The molecule has 1 N–H and O–H groups in total. The molecule has 0 rings (SSSR count). The number of nitrogens with zero attached hydrogens (tertiary/aromatic N) is 1. The zero-order valence-corrected chi connectivity index (χ0v) is 5.02. The standard InChI is InChI=1S/C6H10N2/c1-4-5-6(2)8-7-3/h4-5,8H,2-3H2,1H3/b5-4-. The molecule has 0 aliphatic heterocycles. The molecule has 0 aromatic heterocycles. The number of hydrogen-bond acceptors (Lipinski definition) is 2. The lowest BCUT2D eigenvalue weighted by molar-refractivity contribution is 0.934. The van der Waals surface area contributed by atoms with Crippen LogP contribution in [-0.4, -0.2) is 6.72 Å². The highest BCUT2D eigenvalue weighted by Crippen LogP contribution is 1.83. The molecule has 0 aromatic rings. The van der Waals surface area contributed by atoms with Crippen molar-refractivity contribution < 1.29 is 0 Å². The quantitative estimate of drug-likeness (QED) is 0.330. The van der Waals surface area contributed by atoms with Gasteiger partial charge in [-0.3, -0.25) is 5.43 Å². The highest BCUT2D eigenvalue weighted by molar-refractivity contribution is 5.24. The Morgan fingerprint density at radius 1 is 1.75 bits per heavy atom. The van der Waals surface area contributed by atoms with Gasteiger partial charge in [0.15, 0.2) is 0 Å². The molecule has 0 aliphatic rings. The Labute approximate surface area is 49.6 Å². The summed E-state index contributed by atoms with van der Waals surface area (Å²) >= 11 is 0. The molecule has 0 unspecified atom stereocenters. The molecule has 0 atom stereocenters. The van der Waals surface area contributed by atoms with Crippen LogP contribution in [0.3, 0.4) is 0 Å². The van der Waals surface area contributed by atoms with E-state index in [9.17, 15) is 0 Å². The Morgan fingerprint density at radius 3 is 2.75 bits per heavy atom. The van der Waals surface area contributed by atoms with Crippen molar-refractivity contribution in [2.24, 2.45) is 5.10 Å². The van der Waals surface area contributed by atoms with E-state index in [-0.39, 0.29) is 0 Å². The fourth-order valence-corrected chi connectivity index (χ4v) is 0.340. The van der Waals surface area contributed by atoms with Crippen molar-refractivity contribution in [3.05, 3.63) is 24.4 Å². The summed E-state index contributed by atoms with van der Waals surface area (Å²) < 4.78 is 0. The van der Waals surface area contributed by atoms with Crippen molar-refractivity contribution in [3.8, 4) is 0 Å². The van der Waals surface area contributed by atoms with Gasteiger partial charge in [-0.15, -0.1) is 0 Å². The lowest BCUT2D eigenvalue weighted by atomic mass is 10.4. The van der Waals surface area contributed by atoms with Crippen molar-refractivity contribution in [1.82, 2.24) is 5.43 Å². The Kier molecular flexibility index (Phi) is 3.58. The molecule has 0 amide bonds. The lowest BCUT2D eigenvalue weighted by Gasteiger charge is -1.92. The molecule has 8 heavy (non-hydrogen) atoms. The molecule has 0 fully saturated rings. The first kappa shape index (κ1) is 6.95. The summed E-state index contributed by atoms with van der Waals surface area (Å²) in [6.45, 7) is 8.74. The minimum absolute atomic E-state index is 0.752. The van der Waals surface area contributed by atoms with Crippen molar-refractivity contribution in [1.29, 1.82) is 0 Å². The van der Waals surface area contributed by atoms with Gasteiger partial charge in [-0.25, -0.2) is 0 Å². The van der Waals surface area contributed by atoms with Crippen molar-refractivity contribution >= 4 is 6.72 Å². The number of allylic oxidation sites excluding steroid dienone is 2. The average Bonchev–Trinajstić information content (AvgIpc) is 1.68. The molecular weight excluding hydrogens is 100 g/mol. The van der Waals surface area contributed by atoms with Crippen LogP contribution in [-0.2, 0) is 0 Å². The van der Waals surface area contributed by atoms with Gasteiger partial charge in [-0.2, -0.15) is 5.10 Å². The molecule has 0 spiro atoms. The normalized spacial score (nSPS) is 9.12. The summed E-state index contributed by atoms with van der Waals surface area (Å²) in [5.74, 6) is 0. The van der Waals surface area contributed by atoms with Crippen LogP contribution in [0.2, 0.25) is 0 Å². The molecule has 0 heterocycles. The number of nitrogens with one attached hydrogen (secondary N) is 1. The summed E-state index contributed by atoms with van der Waals surface area (Å²) in [5, 5.41) is 3.40. The zero-order valence-electron chi connectivity index (χ0n) is 5.02. The second-order valence-electron chi connectivity index (χ2n) is 1.30. The first-order valence-electron chi connectivity index (χ1n) is 2.34. The third-order valence-corrected chi connectivity index (χ3v) is 0.591. The molecule has 2 heteroatoms. The van der Waals surface area contributed by atoms with E-state index in [0.717, 1.165) is 5.70 Å². The maximum Gasteiger partial charge on any atom is 0.0486 e. The van der Waals surface area contributed by atoms with E-state index in [0.29, 0.717) is 0 Å². The molecule has 0 radical (unpaired) electrons. The highest BCUT2D eigenvalue weighted by Gasteiger charge is 1.75. The van der Waals surface area contributed by atoms with Gasteiger partial charge in [0, 0.05) is 12.4 Å². The van der Waals surface area contributed by atoms with E-state index >= 15 is 0 Å². The third kappa shape index (κ3) is 3.15. The molecule has 0 aromatic carbocycles. The van der Waals surface area contributed by atoms with Crippen LogP contribution in [0.4, 0.5) is 0 Å². The Hall–Kier alpha value is -1.05. The van der Waals surface area contributed by atoms with Crippen LogP contribution in [0, 0.1) is 0 Å². The zero-order chi connectivity index (χ0) is 6.41. The van der Waals surface area contributed by atoms with Gasteiger partial charge in [0.1, 0.15) is 0 Å². The molecule has 44 valence electrons. The topological polar surface area (TPSA) is 24.4 Å². The van der Waals surface area contributed by atoms with Gasteiger partial charge in [-0.1, -0.05) is 12.7 Å². The third-order valence-electron chi connectivity index (χ3n) is 0.591. The monoisotopic (exact) mass is 110 g/mol. The predicted molar refractivity (Wildman–Crippen MR) is 36.6 cm³/mol. The fourth-order valence-electron chi connectivity index (χ4n) is 0.340. The van der Waals surface area contributed by atoms with Crippen LogP contribution in [0.25, 0.3) is 0 Å². The Bertz CT molecular complexity index is 114. The summed E-state index contributed by atoms with van der Waals surface area (Å²) in [6.07, 6.45) is 3.69. The largest absolute Gasteiger partial charge is 0.280 e. The van der Waals surface area contributed by atoms with Crippen molar-refractivity contribution in [2.45, 2.75) is 6.92 Å². The highest BCUT2D eigenvalue weighted by atomic mass is 15.3. The van der Waals surface area contributed by atoms with Crippen LogP contribution in [0.1, 0.15) is 6.92 Å². The van der Waals surface area contributed by atoms with Crippen LogP contribution < -0.4 is 5.43 Å². The van der Waals surface area contributed by atoms with E-state index in [2.05, 4.69) is 23.8 Å². The minimum atomic E-state index is 0.752. The van der Waals surface area contributed by atoms with Crippen LogP contribution in [0.15, 0.2) is 29.5 Å². The molecular formula is C6H10N2. The van der Waals surface area contributed by atoms with E-state index in [1.54, 1.807) is 0 Å². The Morgan fingerprint density at radius 2 is 2.38 bits per heavy atom. The summed E-state index contributed by atoms with van der Waals surface area (Å²) in [4.78, 5) is 0. The van der Waals surface area contributed by atoms with E-state index in [1.165, 1.54) is 0 Å². The first-order valence-corrected chi connectivity index (χ1v) is 2.34. The van der Waals surface area contributed by atoms with Crippen molar-refractivity contribution in [2.75, 3.05) is 0 Å². The van der Waals surface area contributed by atoms with Gasteiger partial charge in [-0.05, 0) is 13.0 Å². The molecule has 0 saturated heterocycles. The van der Waals surface area contributed by atoms with Crippen LogP contribution >= 0.6 is 0 Å². The van der Waals surface area contributed by atoms with Crippen LogP contribution in [0.5, 0.6) is 0 Å². The van der Waals surface area contributed by atoms with Gasteiger partial charge < -0.3 is 0 Å². The smallest absolute Gasteiger partial charge is 0.0486 e. The maximum atomic E-state index is 3.60. The summed E-state index contributed by atoms with van der Waals surface area (Å²) in [5.41, 5.74) is 3.33.